The Morgan fingerprint density at radius 1 is 1.27 bits per heavy atom. The number of fused-ring (bicyclic) bond motifs is 3. The van der Waals surface area contributed by atoms with Crippen molar-refractivity contribution in [3.63, 3.8) is 0 Å². The number of halogens is 1. The Kier molecular flexibility index (Phi) is 3.08. The van der Waals surface area contributed by atoms with Gasteiger partial charge in [-0.2, -0.15) is 0 Å². The van der Waals surface area contributed by atoms with Crippen LogP contribution in [0.15, 0.2) is 42.5 Å². The average molecular weight is 297 g/mol. The molecule has 0 saturated heterocycles. The maximum absolute atomic E-state index is 13.4. The summed E-state index contributed by atoms with van der Waals surface area (Å²) in [6, 6.07) is 12.9. The second kappa shape index (κ2) is 5.10. The van der Waals surface area contributed by atoms with E-state index in [0.29, 0.717) is 6.67 Å². The van der Waals surface area contributed by atoms with Crippen molar-refractivity contribution < 1.29 is 9.13 Å². The van der Waals surface area contributed by atoms with E-state index in [1.807, 2.05) is 16.7 Å². The smallest absolute Gasteiger partial charge is 0.128 e. The van der Waals surface area contributed by atoms with Crippen LogP contribution < -0.4 is 10.1 Å². The van der Waals surface area contributed by atoms with Gasteiger partial charge in [-0.25, -0.2) is 9.37 Å². The molecule has 0 saturated carbocycles. The fourth-order valence-corrected chi connectivity index (χ4v) is 3.00. The standard InChI is InChI=1S/C17H16FN3O/c1-22-13-5-2-11(3-6-13)8-15-17-20-14-7-4-12(18)9-16(14)21(17)10-19-15/h2-7,9,15,19H,8,10H2,1H3/t15-/m1/s1. The number of rotatable bonds is 3. The maximum atomic E-state index is 13.4. The molecule has 4 rings (SSSR count). The van der Waals surface area contributed by atoms with Gasteiger partial charge in [0.05, 0.1) is 30.9 Å². The van der Waals surface area contributed by atoms with Gasteiger partial charge < -0.3 is 9.30 Å². The third kappa shape index (κ3) is 2.14. The van der Waals surface area contributed by atoms with Gasteiger partial charge in [0.15, 0.2) is 0 Å². The number of aromatic nitrogens is 2. The number of hydrogen-bond acceptors (Lipinski definition) is 3. The van der Waals surface area contributed by atoms with E-state index in [1.54, 1.807) is 19.2 Å². The van der Waals surface area contributed by atoms with Crippen molar-refractivity contribution in [3.8, 4) is 5.75 Å². The van der Waals surface area contributed by atoms with Crippen LogP contribution in [0, 0.1) is 5.82 Å². The molecule has 0 amide bonds. The molecule has 0 spiro atoms. The Morgan fingerprint density at radius 3 is 2.86 bits per heavy atom. The predicted molar refractivity (Wildman–Crippen MR) is 82.3 cm³/mol. The second-order valence-corrected chi connectivity index (χ2v) is 5.50. The van der Waals surface area contributed by atoms with Gasteiger partial charge in [-0.3, -0.25) is 5.32 Å². The van der Waals surface area contributed by atoms with Gasteiger partial charge in [0, 0.05) is 0 Å². The molecular formula is C17H16FN3O. The SMILES string of the molecule is COc1ccc(C[C@H]2NCn3c2nc2ccc(F)cc23)cc1. The van der Waals surface area contributed by atoms with Crippen molar-refractivity contribution in [3.05, 3.63) is 59.7 Å². The number of imidazole rings is 1. The van der Waals surface area contributed by atoms with E-state index in [2.05, 4.69) is 22.4 Å². The zero-order chi connectivity index (χ0) is 15.1. The summed E-state index contributed by atoms with van der Waals surface area (Å²) < 4.78 is 20.7. The largest absolute Gasteiger partial charge is 0.497 e. The van der Waals surface area contributed by atoms with Crippen molar-refractivity contribution in [2.75, 3.05) is 7.11 Å². The molecule has 0 bridgehead atoms. The lowest BCUT2D eigenvalue weighted by molar-refractivity contribution is 0.414. The van der Waals surface area contributed by atoms with Crippen molar-refractivity contribution in [2.24, 2.45) is 0 Å². The van der Waals surface area contributed by atoms with E-state index < -0.39 is 0 Å². The van der Waals surface area contributed by atoms with Crippen molar-refractivity contribution in [2.45, 2.75) is 19.1 Å². The lowest BCUT2D eigenvalue weighted by Gasteiger charge is -2.09. The molecule has 2 heterocycles. The van der Waals surface area contributed by atoms with Crippen LogP contribution in [-0.2, 0) is 13.1 Å². The first-order valence-corrected chi connectivity index (χ1v) is 7.26. The summed E-state index contributed by atoms with van der Waals surface area (Å²) >= 11 is 0. The van der Waals surface area contributed by atoms with Crippen LogP contribution >= 0.6 is 0 Å². The van der Waals surface area contributed by atoms with Gasteiger partial charge in [0.2, 0.25) is 0 Å². The fraction of sp³-hybridized carbons (Fsp3) is 0.235. The third-order valence-corrected chi connectivity index (χ3v) is 4.15. The highest BCUT2D eigenvalue weighted by molar-refractivity contribution is 5.76. The predicted octanol–water partition coefficient (Wildman–Crippen LogP) is 3.03. The molecule has 3 aromatic rings. The van der Waals surface area contributed by atoms with Crippen LogP contribution in [0.2, 0.25) is 0 Å². The van der Waals surface area contributed by atoms with Crippen LogP contribution in [0.5, 0.6) is 5.75 Å². The highest BCUT2D eigenvalue weighted by Crippen LogP contribution is 2.28. The van der Waals surface area contributed by atoms with Gasteiger partial charge >= 0.3 is 0 Å². The molecule has 112 valence electrons. The number of nitrogens with one attached hydrogen (secondary N) is 1. The first-order valence-electron chi connectivity index (χ1n) is 7.26. The molecule has 4 nitrogen and oxygen atoms in total. The molecule has 0 fully saturated rings. The normalized spacial score (nSPS) is 16.9. The molecule has 0 unspecified atom stereocenters. The minimum Gasteiger partial charge on any atom is -0.497 e. The number of methoxy groups -OCH3 is 1. The van der Waals surface area contributed by atoms with Gasteiger partial charge in [-0.15, -0.1) is 0 Å². The van der Waals surface area contributed by atoms with Crippen LogP contribution in [0.3, 0.4) is 0 Å². The summed E-state index contributed by atoms with van der Waals surface area (Å²) in [6.45, 7) is 0.663. The number of benzene rings is 2. The second-order valence-electron chi connectivity index (χ2n) is 5.50. The highest BCUT2D eigenvalue weighted by Gasteiger charge is 2.26. The number of nitrogens with zero attached hydrogens (tertiary/aromatic N) is 2. The molecule has 1 aromatic heterocycles. The topological polar surface area (TPSA) is 39.1 Å². The minimum atomic E-state index is -0.228. The fourth-order valence-electron chi connectivity index (χ4n) is 3.00. The third-order valence-electron chi connectivity index (χ3n) is 4.15. The Balaban J connectivity index is 1.65. The molecule has 5 heteroatoms. The summed E-state index contributed by atoms with van der Waals surface area (Å²) in [6.07, 6.45) is 0.843. The van der Waals surface area contributed by atoms with E-state index >= 15 is 0 Å². The summed E-state index contributed by atoms with van der Waals surface area (Å²) in [5.74, 6) is 1.59. The minimum absolute atomic E-state index is 0.142. The van der Waals surface area contributed by atoms with Gasteiger partial charge in [-0.05, 0) is 42.3 Å². The van der Waals surface area contributed by atoms with Crippen molar-refractivity contribution in [1.29, 1.82) is 0 Å². The Hall–Kier alpha value is -2.40. The van der Waals surface area contributed by atoms with Gasteiger partial charge in [0.25, 0.3) is 0 Å². The van der Waals surface area contributed by atoms with Crippen LogP contribution in [0.4, 0.5) is 4.39 Å². The number of ether oxygens (including phenoxy) is 1. The van der Waals surface area contributed by atoms with Crippen molar-refractivity contribution >= 4 is 11.0 Å². The Bertz CT molecular complexity index is 826. The summed E-state index contributed by atoms with van der Waals surface area (Å²) in [5.41, 5.74) is 2.90. The molecule has 1 atom stereocenters. The molecule has 1 N–H and O–H groups in total. The molecule has 0 aliphatic carbocycles. The molecule has 22 heavy (non-hydrogen) atoms. The van der Waals surface area contributed by atoms with Crippen LogP contribution in [0.25, 0.3) is 11.0 Å². The summed E-state index contributed by atoms with van der Waals surface area (Å²) in [7, 11) is 1.66. The highest BCUT2D eigenvalue weighted by atomic mass is 19.1. The van der Waals surface area contributed by atoms with E-state index in [0.717, 1.165) is 29.0 Å². The van der Waals surface area contributed by atoms with E-state index in [9.17, 15) is 4.39 Å². The van der Waals surface area contributed by atoms with Gasteiger partial charge in [-0.1, -0.05) is 12.1 Å². The molecule has 0 radical (unpaired) electrons. The lowest BCUT2D eigenvalue weighted by Crippen LogP contribution is -2.15. The van der Waals surface area contributed by atoms with Crippen LogP contribution in [0.1, 0.15) is 17.4 Å². The molecular weight excluding hydrogens is 281 g/mol. The molecule has 2 aromatic carbocycles. The first-order chi connectivity index (χ1) is 10.7. The maximum Gasteiger partial charge on any atom is 0.128 e. The quantitative estimate of drug-likeness (QED) is 0.807. The zero-order valence-electron chi connectivity index (χ0n) is 12.2. The zero-order valence-corrected chi connectivity index (χ0v) is 12.2. The monoisotopic (exact) mass is 297 g/mol. The first kappa shape index (κ1) is 13.3. The van der Waals surface area contributed by atoms with E-state index in [4.69, 9.17) is 4.74 Å². The Morgan fingerprint density at radius 2 is 2.09 bits per heavy atom. The van der Waals surface area contributed by atoms with Gasteiger partial charge in [0.1, 0.15) is 17.4 Å². The van der Waals surface area contributed by atoms with E-state index in [-0.39, 0.29) is 11.9 Å². The van der Waals surface area contributed by atoms with Crippen molar-refractivity contribution in [1.82, 2.24) is 14.9 Å². The Labute approximate surface area is 127 Å². The summed E-state index contributed by atoms with van der Waals surface area (Å²) in [4.78, 5) is 4.65. The van der Waals surface area contributed by atoms with E-state index in [1.165, 1.54) is 11.6 Å². The number of hydrogen-bond donors (Lipinski definition) is 1. The molecule has 1 aliphatic rings. The lowest BCUT2D eigenvalue weighted by atomic mass is 10.1. The average Bonchev–Trinajstić information content (AvgIpc) is 3.08. The molecule has 1 aliphatic heterocycles. The van der Waals surface area contributed by atoms with Crippen LogP contribution in [-0.4, -0.2) is 16.7 Å². The summed E-state index contributed by atoms with van der Waals surface area (Å²) in [5, 5.41) is 3.44.